The summed E-state index contributed by atoms with van der Waals surface area (Å²) >= 11 is 1.76. The first kappa shape index (κ1) is 31.6. The summed E-state index contributed by atoms with van der Waals surface area (Å²) in [7, 11) is 0. The number of fused-ring (bicyclic) bond motifs is 12. The maximum absolute atomic E-state index is 6.41. The van der Waals surface area contributed by atoms with Gasteiger partial charge < -0.3 is 13.4 Å². The minimum absolute atomic E-state index is 0.657. The predicted molar refractivity (Wildman–Crippen MR) is 240 cm³/mol. The van der Waals surface area contributed by atoms with Gasteiger partial charge in [-0.2, -0.15) is 0 Å². The Morgan fingerprint density at radius 3 is 1.78 bits per heavy atom. The quantitative estimate of drug-likeness (QED) is 0.179. The van der Waals surface area contributed by atoms with Crippen LogP contribution in [0.2, 0.25) is 0 Å². The molecule has 0 bridgehead atoms. The van der Waals surface area contributed by atoms with E-state index >= 15 is 0 Å². The Morgan fingerprint density at radius 2 is 1.00 bits per heavy atom. The molecule has 0 fully saturated rings. The first-order valence-corrected chi connectivity index (χ1v) is 20.2. The highest BCUT2D eigenvalue weighted by molar-refractivity contribution is 7.26. The normalized spacial score (nSPS) is 12.1. The van der Waals surface area contributed by atoms with Crippen LogP contribution in [0.4, 0.5) is 0 Å². The molecule has 0 unspecified atom stereocenters. The molecular weight excluding hydrogens is 731 g/mol. The van der Waals surface area contributed by atoms with Crippen LogP contribution in [0.3, 0.4) is 0 Å². The predicted octanol–water partition coefficient (Wildman–Crippen LogP) is 14.7. The van der Waals surface area contributed by atoms with Gasteiger partial charge in [0.2, 0.25) is 0 Å². The lowest BCUT2D eigenvalue weighted by Crippen LogP contribution is -1.94. The number of furan rings is 2. The summed E-state index contributed by atoms with van der Waals surface area (Å²) in [6.07, 6.45) is 0. The molecule has 0 spiro atoms. The van der Waals surface area contributed by atoms with Crippen LogP contribution in [-0.4, -0.2) is 14.5 Å². The lowest BCUT2D eigenvalue weighted by atomic mass is 10.00. The summed E-state index contributed by atoms with van der Waals surface area (Å²) in [5.41, 5.74) is 13.0. The Balaban J connectivity index is 1.11. The first-order chi connectivity index (χ1) is 28.8. The molecule has 8 aromatic carbocycles. The van der Waals surface area contributed by atoms with Crippen LogP contribution in [0, 0.1) is 0 Å². The van der Waals surface area contributed by atoms with Gasteiger partial charge in [-0.1, -0.05) is 121 Å². The zero-order valence-electron chi connectivity index (χ0n) is 30.8. The Hall–Kier alpha value is -7.54. The van der Waals surface area contributed by atoms with E-state index in [1.165, 1.54) is 32.1 Å². The number of thiophene rings is 1. The van der Waals surface area contributed by atoms with E-state index in [2.05, 4.69) is 138 Å². The number of aromatic nitrogens is 3. The van der Waals surface area contributed by atoms with E-state index in [4.69, 9.17) is 18.8 Å². The molecule has 0 radical (unpaired) electrons. The molecule has 5 heterocycles. The van der Waals surface area contributed by atoms with Crippen LogP contribution < -0.4 is 0 Å². The molecule has 0 atom stereocenters. The van der Waals surface area contributed by atoms with Gasteiger partial charge in [-0.05, 0) is 65.7 Å². The SMILES string of the molecule is c1ccc(-n2c3ccccc3c3cc(-c4cccc5c4sc4c(-c6cccc7oc8ccccc8c67)nc(-c6cccc7oc8ccccc8c67)nc45)ccc32)cc1. The van der Waals surface area contributed by atoms with E-state index in [0.29, 0.717) is 5.82 Å². The second-order valence-corrected chi connectivity index (χ2v) is 15.9. The lowest BCUT2D eigenvalue weighted by molar-refractivity contribution is 0.668. The number of rotatable bonds is 4. The van der Waals surface area contributed by atoms with Crippen molar-refractivity contribution in [1.29, 1.82) is 0 Å². The van der Waals surface area contributed by atoms with E-state index in [-0.39, 0.29) is 0 Å². The van der Waals surface area contributed by atoms with Gasteiger partial charge in [0.25, 0.3) is 0 Å². The zero-order valence-corrected chi connectivity index (χ0v) is 31.6. The number of benzene rings is 8. The fourth-order valence-corrected chi connectivity index (χ4v) is 10.4. The molecule has 0 N–H and O–H groups in total. The summed E-state index contributed by atoms with van der Waals surface area (Å²) in [4.78, 5) is 11.0. The fourth-order valence-electron chi connectivity index (χ4n) is 9.12. The maximum Gasteiger partial charge on any atom is 0.161 e. The molecule has 0 aliphatic rings. The first-order valence-electron chi connectivity index (χ1n) is 19.4. The fraction of sp³-hybridized carbons (Fsp3) is 0. The second kappa shape index (κ2) is 12.0. The van der Waals surface area contributed by atoms with E-state index in [9.17, 15) is 0 Å². The standard InChI is InChI=1S/C52H29N3O2S/c1-2-13-31(14-3-1)55-40-22-7-4-15-33(40)39-29-30(27-28-41(39)55)32-18-10-21-38-49-51(58-50(32)38)48(36-19-11-25-44-46(36)34-16-5-8-23-42(34)56-44)53-52(54-49)37-20-12-26-45-47(37)35-17-6-9-24-43(35)57-45/h1-29H. The summed E-state index contributed by atoms with van der Waals surface area (Å²) in [5, 5.41) is 7.72. The molecule has 13 rings (SSSR count). The molecule has 0 aliphatic carbocycles. The molecule has 5 aromatic heterocycles. The minimum atomic E-state index is 0.657. The molecule has 13 aromatic rings. The molecule has 58 heavy (non-hydrogen) atoms. The third-order valence-electron chi connectivity index (χ3n) is 11.6. The minimum Gasteiger partial charge on any atom is -0.456 e. The molecular formula is C52H29N3O2S. The average Bonchev–Trinajstić information content (AvgIpc) is 4.05. The summed E-state index contributed by atoms with van der Waals surface area (Å²) in [6, 6.07) is 61.7. The van der Waals surface area contributed by atoms with Gasteiger partial charge in [-0.25, -0.2) is 9.97 Å². The van der Waals surface area contributed by atoms with Crippen molar-refractivity contribution < 1.29 is 8.83 Å². The Kier molecular flexibility index (Phi) is 6.54. The highest BCUT2D eigenvalue weighted by Crippen LogP contribution is 2.47. The van der Waals surface area contributed by atoms with Crippen LogP contribution in [-0.2, 0) is 0 Å². The van der Waals surface area contributed by atoms with Gasteiger partial charge in [-0.15, -0.1) is 11.3 Å². The smallest absolute Gasteiger partial charge is 0.161 e. The number of nitrogens with zero attached hydrogens (tertiary/aromatic N) is 3. The van der Waals surface area contributed by atoms with Gasteiger partial charge in [0.1, 0.15) is 22.3 Å². The number of hydrogen-bond acceptors (Lipinski definition) is 5. The van der Waals surface area contributed by atoms with Gasteiger partial charge in [0.15, 0.2) is 5.82 Å². The second-order valence-electron chi connectivity index (χ2n) is 14.8. The van der Waals surface area contributed by atoms with E-state index in [0.717, 1.165) is 87.6 Å². The molecule has 270 valence electrons. The van der Waals surface area contributed by atoms with Gasteiger partial charge in [0.05, 0.1) is 26.9 Å². The Morgan fingerprint density at radius 1 is 0.414 bits per heavy atom. The van der Waals surface area contributed by atoms with Crippen molar-refractivity contribution in [2.45, 2.75) is 0 Å². The highest BCUT2D eigenvalue weighted by Gasteiger charge is 2.24. The van der Waals surface area contributed by atoms with Crippen molar-refractivity contribution in [3.05, 3.63) is 176 Å². The monoisotopic (exact) mass is 759 g/mol. The average molecular weight is 760 g/mol. The number of para-hydroxylation sites is 4. The van der Waals surface area contributed by atoms with Gasteiger partial charge in [-0.3, -0.25) is 0 Å². The Labute approximate surface area is 334 Å². The summed E-state index contributed by atoms with van der Waals surface area (Å²) in [5.74, 6) is 0.657. The topological polar surface area (TPSA) is 57.0 Å². The summed E-state index contributed by atoms with van der Waals surface area (Å²) in [6.45, 7) is 0. The maximum atomic E-state index is 6.41. The third-order valence-corrected chi connectivity index (χ3v) is 12.9. The molecule has 0 aliphatic heterocycles. The van der Waals surface area contributed by atoms with Gasteiger partial charge >= 0.3 is 0 Å². The van der Waals surface area contributed by atoms with Gasteiger partial charge in [0, 0.05) is 59.2 Å². The highest BCUT2D eigenvalue weighted by atomic mass is 32.1. The molecule has 0 saturated carbocycles. The van der Waals surface area contributed by atoms with Crippen molar-refractivity contribution in [3.8, 4) is 39.5 Å². The summed E-state index contributed by atoms with van der Waals surface area (Å²) < 4.78 is 17.3. The Bertz CT molecular complexity index is 3810. The van der Waals surface area contributed by atoms with Crippen molar-refractivity contribution in [2.24, 2.45) is 0 Å². The van der Waals surface area contributed by atoms with Crippen molar-refractivity contribution >= 4 is 97.3 Å². The van der Waals surface area contributed by atoms with Crippen molar-refractivity contribution in [2.75, 3.05) is 0 Å². The van der Waals surface area contributed by atoms with Crippen LogP contribution in [0.15, 0.2) is 185 Å². The molecule has 0 saturated heterocycles. The largest absolute Gasteiger partial charge is 0.456 e. The van der Waals surface area contributed by atoms with E-state index < -0.39 is 0 Å². The van der Waals surface area contributed by atoms with Crippen LogP contribution in [0.25, 0.3) is 125 Å². The molecule has 5 nitrogen and oxygen atoms in total. The van der Waals surface area contributed by atoms with Crippen LogP contribution in [0.5, 0.6) is 0 Å². The third kappa shape index (κ3) is 4.46. The molecule has 0 amide bonds. The van der Waals surface area contributed by atoms with Crippen molar-refractivity contribution in [3.63, 3.8) is 0 Å². The van der Waals surface area contributed by atoms with E-state index in [1.807, 2.05) is 42.5 Å². The molecule has 6 heteroatoms. The number of hydrogen-bond donors (Lipinski definition) is 0. The van der Waals surface area contributed by atoms with Crippen molar-refractivity contribution in [1.82, 2.24) is 14.5 Å². The lowest BCUT2D eigenvalue weighted by Gasteiger charge is -2.09. The zero-order chi connectivity index (χ0) is 37.9. The van der Waals surface area contributed by atoms with E-state index in [1.54, 1.807) is 11.3 Å². The van der Waals surface area contributed by atoms with Crippen LogP contribution >= 0.6 is 11.3 Å². The van der Waals surface area contributed by atoms with Crippen LogP contribution in [0.1, 0.15) is 0 Å².